The number of anilines is 1. The molecule has 2 heteroatoms. The van der Waals surface area contributed by atoms with Gasteiger partial charge in [0.1, 0.15) is 0 Å². The molecule has 27 heavy (non-hydrogen) atoms. The molecule has 0 aliphatic rings. The fourth-order valence-electron chi connectivity index (χ4n) is 1.87. The van der Waals surface area contributed by atoms with Crippen molar-refractivity contribution in [2.75, 3.05) is 12.4 Å². The van der Waals surface area contributed by atoms with E-state index in [1.807, 2.05) is 77.2 Å². The van der Waals surface area contributed by atoms with Crippen LogP contribution in [-0.2, 0) is 0 Å². The van der Waals surface area contributed by atoms with E-state index >= 15 is 0 Å². The van der Waals surface area contributed by atoms with E-state index in [-0.39, 0.29) is 0 Å². The molecule has 0 aliphatic carbocycles. The predicted molar refractivity (Wildman–Crippen MR) is 131 cm³/mol. The van der Waals surface area contributed by atoms with Crippen LogP contribution in [0.25, 0.3) is 5.57 Å². The molecule has 0 spiro atoms. The smallest absolute Gasteiger partial charge is 0.0337 e. The van der Waals surface area contributed by atoms with Gasteiger partial charge in [-0.3, -0.25) is 0 Å². The molecule has 1 nitrogen and oxygen atoms in total. The normalized spacial score (nSPS) is 9.67. The number of rotatable bonds is 5. The second kappa shape index (κ2) is 20.1. The Hall–Kier alpha value is -2.19. The first kappa shape index (κ1) is 27.0. The minimum absolute atomic E-state index is 1.08. The molecule has 2 rings (SSSR count). The Morgan fingerprint density at radius 1 is 0.926 bits per heavy atom. The van der Waals surface area contributed by atoms with Gasteiger partial charge in [0.15, 0.2) is 0 Å². The minimum atomic E-state index is 1.08. The molecule has 0 saturated carbocycles. The molecular formula is C25H37NS. The molecule has 0 fully saturated rings. The number of hydrogen-bond acceptors (Lipinski definition) is 2. The third-order valence-corrected chi connectivity index (χ3v) is 3.55. The lowest BCUT2D eigenvalue weighted by atomic mass is 10.1. The number of benzene rings is 2. The maximum Gasteiger partial charge on any atom is 0.0337 e. The summed E-state index contributed by atoms with van der Waals surface area (Å²) in [5, 5.41) is 4.72. The van der Waals surface area contributed by atoms with Crippen molar-refractivity contribution in [2.45, 2.75) is 48.0 Å². The van der Waals surface area contributed by atoms with Crippen LogP contribution in [0, 0.1) is 0 Å². The maximum absolute atomic E-state index is 4.86. The molecule has 0 radical (unpaired) electrons. The quantitative estimate of drug-likeness (QED) is 0.412. The zero-order chi connectivity index (χ0) is 20.9. The second-order valence-corrected chi connectivity index (χ2v) is 5.28. The number of hydrogen-bond donors (Lipinski definition) is 1. The first-order valence-electron chi connectivity index (χ1n) is 9.83. The van der Waals surface area contributed by atoms with Gasteiger partial charge in [-0.05, 0) is 42.2 Å². The topological polar surface area (TPSA) is 12.0 Å². The van der Waals surface area contributed by atoms with Gasteiger partial charge in [0, 0.05) is 18.1 Å². The summed E-state index contributed by atoms with van der Waals surface area (Å²) < 4.78 is 0. The standard InChI is InChI=1S/C14H16S.C7H9N.2C2H6/c1-3-4-5-6-12(2)14-9-7-13(11-15)8-10-14;1-8-7-5-3-2-4-6-7;2*1-2/h4-11H,3H2,1-2H3;2-6,8H,1H3;2*1-2H3/b5-4-,12-6+;;;. The van der Waals surface area contributed by atoms with Crippen molar-refractivity contribution < 1.29 is 0 Å². The van der Waals surface area contributed by atoms with Crippen LogP contribution in [0.1, 0.15) is 59.1 Å². The highest BCUT2D eigenvalue weighted by atomic mass is 32.1. The molecule has 0 aliphatic heterocycles. The Kier molecular flexibility index (Phi) is 20.2. The Labute approximate surface area is 173 Å². The molecule has 0 saturated heterocycles. The zero-order valence-corrected chi connectivity index (χ0v) is 18.9. The van der Waals surface area contributed by atoms with Crippen molar-refractivity contribution in [1.82, 2.24) is 0 Å². The first-order chi connectivity index (χ1) is 13.2. The van der Waals surface area contributed by atoms with Gasteiger partial charge in [0.25, 0.3) is 0 Å². The average Bonchev–Trinajstić information content (AvgIpc) is 2.77. The molecule has 2 aromatic carbocycles. The average molecular weight is 384 g/mol. The Morgan fingerprint density at radius 3 is 1.89 bits per heavy atom. The second-order valence-electron chi connectivity index (χ2n) is 5.04. The lowest BCUT2D eigenvalue weighted by Crippen LogP contribution is -1.84. The fraction of sp³-hybridized carbons (Fsp3) is 0.320. The highest BCUT2D eigenvalue weighted by Crippen LogP contribution is 2.14. The third-order valence-electron chi connectivity index (χ3n) is 3.28. The van der Waals surface area contributed by atoms with Crippen molar-refractivity contribution in [3.05, 3.63) is 84.0 Å². The van der Waals surface area contributed by atoms with Crippen LogP contribution < -0.4 is 5.32 Å². The summed E-state index contributed by atoms with van der Waals surface area (Å²) in [4.78, 5) is 0. The maximum atomic E-state index is 4.86. The summed E-state index contributed by atoms with van der Waals surface area (Å²) in [6.07, 6.45) is 7.46. The Bertz CT molecular complexity index is 625. The Morgan fingerprint density at radius 2 is 1.48 bits per heavy atom. The van der Waals surface area contributed by atoms with Gasteiger partial charge in [-0.25, -0.2) is 0 Å². The summed E-state index contributed by atoms with van der Waals surface area (Å²) in [6, 6.07) is 18.4. The van der Waals surface area contributed by atoms with Crippen LogP contribution in [0.5, 0.6) is 0 Å². The zero-order valence-electron chi connectivity index (χ0n) is 18.1. The number of thiocarbonyl (C=S) groups is 1. The van der Waals surface area contributed by atoms with E-state index in [0.29, 0.717) is 0 Å². The minimum Gasteiger partial charge on any atom is -0.388 e. The predicted octanol–water partition coefficient (Wildman–Crippen LogP) is 8.18. The van der Waals surface area contributed by atoms with Gasteiger partial charge in [0.2, 0.25) is 0 Å². The number of para-hydroxylation sites is 1. The first-order valence-corrected chi connectivity index (χ1v) is 10.3. The number of allylic oxidation sites excluding steroid dienone is 4. The molecule has 0 unspecified atom stereocenters. The van der Waals surface area contributed by atoms with E-state index in [9.17, 15) is 0 Å². The van der Waals surface area contributed by atoms with Gasteiger partial charge in [-0.1, -0.05) is 108 Å². The van der Waals surface area contributed by atoms with Gasteiger partial charge < -0.3 is 5.32 Å². The molecule has 148 valence electrons. The molecule has 0 bridgehead atoms. The highest BCUT2D eigenvalue weighted by molar-refractivity contribution is 7.79. The van der Waals surface area contributed by atoms with Crippen LogP contribution >= 0.6 is 12.2 Å². The molecule has 1 N–H and O–H groups in total. The van der Waals surface area contributed by atoms with E-state index in [2.05, 4.69) is 49.5 Å². The van der Waals surface area contributed by atoms with Gasteiger partial charge in [0.05, 0.1) is 0 Å². The monoisotopic (exact) mass is 383 g/mol. The van der Waals surface area contributed by atoms with Crippen molar-refractivity contribution in [2.24, 2.45) is 0 Å². The molecular weight excluding hydrogens is 346 g/mol. The van der Waals surface area contributed by atoms with Crippen molar-refractivity contribution in [3.8, 4) is 0 Å². The van der Waals surface area contributed by atoms with Crippen LogP contribution in [0.2, 0.25) is 0 Å². The molecule has 0 heterocycles. The van der Waals surface area contributed by atoms with Crippen LogP contribution in [0.15, 0.2) is 72.8 Å². The lowest BCUT2D eigenvalue weighted by Gasteiger charge is -2.00. The molecule has 2 aromatic rings. The SMILES string of the molecule is CC.CC.CC/C=C\C=C(/C)c1ccc(C=S)cc1.CNc1ccccc1. The summed E-state index contributed by atoms with van der Waals surface area (Å²) in [5.74, 6) is 0. The third kappa shape index (κ3) is 13.6. The Balaban J connectivity index is 0. The van der Waals surface area contributed by atoms with Crippen LogP contribution in [0.4, 0.5) is 5.69 Å². The summed E-state index contributed by atoms with van der Waals surface area (Å²) in [6.45, 7) is 12.3. The largest absolute Gasteiger partial charge is 0.388 e. The highest BCUT2D eigenvalue weighted by Gasteiger charge is 1.93. The fourth-order valence-corrected chi connectivity index (χ4v) is 2.03. The van der Waals surface area contributed by atoms with E-state index < -0.39 is 0 Å². The van der Waals surface area contributed by atoms with E-state index in [1.165, 1.54) is 11.1 Å². The van der Waals surface area contributed by atoms with E-state index in [1.54, 1.807) is 5.37 Å². The molecule has 0 atom stereocenters. The van der Waals surface area contributed by atoms with Crippen molar-refractivity contribution >= 4 is 28.8 Å². The van der Waals surface area contributed by atoms with Gasteiger partial charge in [-0.2, -0.15) is 0 Å². The van der Waals surface area contributed by atoms with Gasteiger partial charge >= 0.3 is 0 Å². The van der Waals surface area contributed by atoms with Crippen LogP contribution in [-0.4, -0.2) is 12.4 Å². The van der Waals surface area contributed by atoms with Crippen molar-refractivity contribution in [1.29, 1.82) is 0 Å². The van der Waals surface area contributed by atoms with E-state index in [0.717, 1.165) is 17.7 Å². The van der Waals surface area contributed by atoms with Crippen molar-refractivity contribution in [3.63, 3.8) is 0 Å². The summed E-state index contributed by atoms with van der Waals surface area (Å²) in [7, 11) is 1.91. The lowest BCUT2D eigenvalue weighted by molar-refractivity contribution is 1.22. The number of nitrogens with one attached hydrogen (secondary N) is 1. The summed E-state index contributed by atoms with van der Waals surface area (Å²) >= 11 is 4.86. The van der Waals surface area contributed by atoms with Crippen LogP contribution in [0.3, 0.4) is 0 Å². The van der Waals surface area contributed by atoms with E-state index in [4.69, 9.17) is 12.2 Å². The van der Waals surface area contributed by atoms with Gasteiger partial charge in [-0.15, -0.1) is 0 Å². The summed E-state index contributed by atoms with van der Waals surface area (Å²) in [5.41, 5.74) is 4.77. The molecule has 0 amide bonds. The molecule has 0 aromatic heterocycles.